The van der Waals surface area contributed by atoms with Gasteiger partial charge in [0.1, 0.15) is 0 Å². The Kier molecular flexibility index (Phi) is 4.50. The number of hydrogen-bond donors (Lipinski definition) is 1. The van der Waals surface area contributed by atoms with Crippen molar-refractivity contribution in [2.75, 3.05) is 4.72 Å². The summed E-state index contributed by atoms with van der Waals surface area (Å²) in [7, 11) is -2.08. The van der Waals surface area contributed by atoms with Crippen LogP contribution in [0.15, 0.2) is 63.9 Å². The van der Waals surface area contributed by atoms with E-state index in [0.717, 1.165) is 10.4 Å². The van der Waals surface area contributed by atoms with Crippen LogP contribution in [-0.2, 0) is 23.5 Å². The highest BCUT2D eigenvalue weighted by atomic mass is 32.2. The molecule has 0 aliphatic heterocycles. The monoisotopic (exact) mass is 401 g/mol. The molecular weight excluding hydrogens is 386 g/mol. The Morgan fingerprint density at radius 2 is 2.07 bits per heavy atom. The topological polar surface area (TPSA) is 103 Å². The van der Waals surface area contributed by atoms with Crippen LogP contribution >= 0.6 is 11.3 Å². The summed E-state index contributed by atoms with van der Waals surface area (Å²) in [5, 5.41) is 5.88. The first-order valence-electron chi connectivity index (χ1n) is 7.96. The van der Waals surface area contributed by atoms with E-state index in [1.54, 1.807) is 23.7 Å². The van der Waals surface area contributed by atoms with Crippen molar-refractivity contribution in [3.05, 3.63) is 65.8 Å². The maximum atomic E-state index is 12.5. The maximum Gasteiger partial charge on any atom is 0.280 e. The summed E-state index contributed by atoms with van der Waals surface area (Å²) in [6, 6.07) is 10.9. The third-order valence-electron chi connectivity index (χ3n) is 3.77. The highest BCUT2D eigenvalue weighted by Gasteiger charge is 2.19. The summed E-state index contributed by atoms with van der Waals surface area (Å²) >= 11 is 1.52. The molecule has 3 aromatic heterocycles. The van der Waals surface area contributed by atoms with Crippen LogP contribution in [0.5, 0.6) is 0 Å². The molecule has 4 aromatic rings. The molecule has 0 aliphatic rings. The van der Waals surface area contributed by atoms with Crippen LogP contribution in [0.25, 0.3) is 10.7 Å². The van der Waals surface area contributed by atoms with Gasteiger partial charge in [0.15, 0.2) is 5.03 Å². The third kappa shape index (κ3) is 3.76. The minimum atomic E-state index is -3.78. The van der Waals surface area contributed by atoms with Crippen molar-refractivity contribution < 1.29 is 12.9 Å². The van der Waals surface area contributed by atoms with Crippen LogP contribution in [0.3, 0.4) is 0 Å². The number of rotatable bonds is 6. The molecule has 0 spiro atoms. The fraction of sp³-hybridized carbons (Fsp3) is 0.118. The third-order valence-corrected chi connectivity index (χ3v) is 5.89. The number of hydrogen-bond acceptors (Lipinski definition) is 7. The number of imidazole rings is 1. The average molecular weight is 401 g/mol. The van der Waals surface area contributed by atoms with Gasteiger partial charge in [0.25, 0.3) is 10.0 Å². The molecule has 10 heteroatoms. The molecule has 4 rings (SSSR count). The minimum absolute atomic E-state index is 0.0439. The molecule has 0 aliphatic carbocycles. The number of thiophene rings is 1. The first-order valence-corrected chi connectivity index (χ1v) is 10.3. The first kappa shape index (κ1) is 17.4. The maximum absolute atomic E-state index is 12.5. The number of aromatic nitrogens is 4. The van der Waals surface area contributed by atoms with Crippen LogP contribution in [0, 0.1) is 0 Å². The molecule has 27 heavy (non-hydrogen) atoms. The first-order chi connectivity index (χ1) is 13.0. The highest BCUT2D eigenvalue weighted by Crippen LogP contribution is 2.24. The summed E-state index contributed by atoms with van der Waals surface area (Å²) in [5.74, 6) is 0.925. The lowest BCUT2D eigenvalue weighted by atomic mass is 10.1. The lowest BCUT2D eigenvalue weighted by Gasteiger charge is -2.10. The van der Waals surface area contributed by atoms with Crippen LogP contribution in [0.1, 0.15) is 11.5 Å². The summed E-state index contributed by atoms with van der Waals surface area (Å²) in [5.41, 5.74) is 1.16. The molecule has 0 radical (unpaired) electrons. The van der Waals surface area contributed by atoms with E-state index in [2.05, 4.69) is 19.8 Å². The molecule has 0 saturated heterocycles. The predicted molar refractivity (Wildman–Crippen MR) is 101 cm³/mol. The lowest BCUT2D eigenvalue weighted by molar-refractivity contribution is 0.386. The SMILES string of the molecule is Cn1cnc(S(=O)(=O)Nc2ccccc2Cc2nc(-c3cccs3)no2)c1. The van der Waals surface area contributed by atoms with E-state index in [4.69, 9.17) is 4.52 Å². The van der Waals surface area contributed by atoms with Crippen LogP contribution < -0.4 is 4.72 Å². The second-order valence-electron chi connectivity index (χ2n) is 5.81. The van der Waals surface area contributed by atoms with Gasteiger partial charge in [-0.3, -0.25) is 4.72 Å². The Morgan fingerprint density at radius 3 is 2.81 bits per heavy atom. The number of sulfonamides is 1. The summed E-state index contributed by atoms with van der Waals surface area (Å²) < 4.78 is 34.6. The van der Waals surface area contributed by atoms with E-state index >= 15 is 0 Å². The van der Waals surface area contributed by atoms with Gasteiger partial charge in [-0.15, -0.1) is 11.3 Å². The predicted octanol–water partition coefficient (Wildman–Crippen LogP) is 2.92. The van der Waals surface area contributed by atoms with Crippen molar-refractivity contribution in [2.45, 2.75) is 11.4 Å². The molecule has 0 saturated carbocycles. The lowest BCUT2D eigenvalue weighted by Crippen LogP contribution is -2.14. The van der Waals surface area contributed by atoms with Crippen LogP contribution in [0.4, 0.5) is 5.69 Å². The Hall–Kier alpha value is -2.98. The normalized spacial score (nSPS) is 11.6. The number of para-hydroxylation sites is 1. The Bertz CT molecular complexity index is 1160. The second-order valence-corrected chi connectivity index (χ2v) is 8.38. The van der Waals surface area contributed by atoms with Crippen LogP contribution in [0.2, 0.25) is 0 Å². The number of benzene rings is 1. The molecular formula is C17H15N5O3S2. The van der Waals surface area contributed by atoms with Gasteiger partial charge in [0.2, 0.25) is 11.7 Å². The zero-order valence-electron chi connectivity index (χ0n) is 14.2. The van der Waals surface area contributed by atoms with Gasteiger partial charge in [0, 0.05) is 13.2 Å². The van der Waals surface area contributed by atoms with Crippen molar-refractivity contribution in [1.82, 2.24) is 19.7 Å². The molecule has 0 amide bonds. The van der Waals surface area contributed by atoms with E-state index in [1.165, 1.54) is 23.9 Å². The van der Waals surface area contributed by atoms with Gasteiger partial charge < -0.3 is 9.09 Å². The summed E-state index contributed by atoms with van der Waals surface area (Å²) in [6.07, 6.45) is 3.18. The summed E-state index contributed by atoms with van der Waals surface area (Å²) in [4.78, 5) is 9.20. The number of aryl methyl sites for hydroxylation is 1. The Morgan fingerprint density at radius 1 is 1.22 bits per heavy atom. The van der Waals surface area contributed by atoms with E-state index < -0.39 is 10.0 Å². The standard InChI is InChI=1S/C17H15N5O3S2/c1-22-10-16(18-11-22)27(23,24)21-13-6-3-2-5-12(13)9-15-19-17(20-25-15)14-7-4-8-26-14/h2-8,10-11,21H,9H2,1H3. The largest absolute Gasteiger partial charge is 0.339 e. The smallest absolute Gasteiger partial charge is 0.280 e. The van der Waals surface area contributed by atoms with Gasteiger partial charge in [-0.05, 0) is 23.1 Å². The molecule has 8 nitrogen and oxygen atoms in total. The van der Waals surface area contributed by atoms with E-state index in [1.807, 2.05) is 29.6 Å². The molecule has 0 bridgehead atoms. The van der Waals surface area contributed by atoms with E-state index in [-0.39, 0.29) is 5.03 Å². The van der Waals surface area contributed by atoms with Crippen LogP contribution in [-0.4, -0.2) is 28.1 Å². The van der Waals surface area contributed by atoms with Crippen molar-refractivity contribution in [3.8, 4) is 10.7 Å². The van der Waals surface area contributed by atoms with Gasteiger partial charge >= 0.3 is 0 Å². The van der Waals surface area contributed by atoms with Crippen molar-refractivity contribution >= 4 is 27.0 Å². The highest BCUT2D eigenvalue weighted by molar-refractivity contribution is 7.92. The number of anilines is 1. The minimum Gasteiger partial charge on any atom is -0.339 e. The Labute approximate surface area is 159 Å². The van der Waals surface area contributed by atoms with Gasteiger partial charge in [-0.2, -0.15) is 13.4 Å². The molecule has 0 fully saturated rings. The number of nitrogens with zero attached hydrogens (tertiary/aromatic N) is 4. The van der Waals surface area contributed by atoms with E-state index in [0.29, 0.717) is 23.8 Å². The van der Waals surface area contributed by atoms with Gasteiger partial charge in [0.05, 0.1) is 23.3 Å². The van der Waals surface area contributed by atoms with Crippen molar-refractivity contribution in [2.24, 2.45) is 7.05 Å². The fourth-order valence-electron chi connectivity index (χ4n) is 2.49. The average Bonchev–Trinajstić information content (AvgIpc) is 3.37. The zero-order chi connectivity index (χ0) is 18.9. The fourth-order valence-corrected chi connectivity index (χ4v) is 4.23. The molecule has 138 valence electrons. The molecule has 0 atom stereocenters. The van der Waals surface area contributed by atoms with E-state index in [9.17, 15) is 8.42 Å². The number of nitrogens with one attached hydrogen (secondary N) is 1. The van der Waals surface area contributed by atoms with Crippen molar-refractivity contribution in [3.63, 3.8) is 0 Å². The molecule has 1 aromatic carbocycles. The zero-order valence-corrected chi connectivity index (χ0v) is 15.9. The molecule has 3 heterocycles. The molecule has 0 unspecified atom stereocenters. The molecule has 1 N–H and O–H groups in total. The van der Waals surface area contributed by atoms with Crippen molar-refractivity contribution in [1.29, 1.82) is 0 Å². The van der Waals surface area contributed by atoms with Gasteiger partial charge in [-0.1, -0.05) is 29.4 Å². The quantitative estimate of drug-likeness (QED) is 0.533. The van der Waals surface area contributed by atoms with Gasteiger partial charge in [-0.25, -0.2) is 4.98 Å². The Balaban J connectivity index is 1.58. The summed E-state index contributed by atoms with van der Waals surface area (Å²) in [6.45, 7) is 0. The second kappa shape index (κ2) is 6.97.